The van der Waals surface area contributed by atoms with Crippen LogP contribution in [0.25, 0.3) is 4.83 Å². The van der Waals surface area contributed by atoms with Gasteiger partial charge in [0.2, 0.25) is 5.91 Å². The Bertz CT molecular complexity index is 962. The van der Waals surface area contributed by atoms with Gasteiger partial charge in [-0.05, 0) is 33.6 Å². The Morgan fingerprint density at radius 2 is 1.96 bits per heavy atom. The van der Waals surface area contributed by atoms with E-state index in [0.29, 0.717) is 12.5 Å². The fourth-order valence-electron chi connectivity index (χ4n) is 4.02. The lowest BCUT2D eigenvalue weighted by atomic mass is 9.93. The van der Waals surface area contributed by atoms with Gasteiger partial charge in [-0.3, -0.25) is 9.20 Å². The van der Waals surface area contributed by atoms with E-state index in [1.165, 1.54) is 10.5 Å². The van der Waals surface area contributed by atoms with Crippen molar-refractivity contribution in [1.82, 2.24) is 29.0 Å². The number of imidazole rings is 1. The van der Waals surface area contributed by atoms with Crippen LogP contribution in [0.5, 0.6) is 0 Å². The first kappa shape index (κ1) is 18.2. The van der Waals surface area contributed by atoms with Crippen molar-refractivity contribution in [3.05, 3.63) is 34.7 Å². The number of amides is 1. The van der Waals surface area contributed by atoms with Crippen molar-refractivity contribution in [3.63, 3.8) is 0 Å². The van der Waals surface area contributed by atoms with E-state index in [2.05, 4.69) is 33.0 Å². The maximum Gasteiger partial charge on any atom is 0.227 e. The summed E-state index contributed by atoms with van der Waals surface area (Å²) in [4.78, 5) is 25.3. The van der Waals surface area contributed by atoms with Gasteiger partial charge in [-0.25, -0.2) is 14.6 Å². The molecular weight excluding hydrogens is 360 g/mol. The highest BCUT2D eigenvalue weighted by Crippen LogP contribution is 2.33. The van der Waals surface area contributed by atoms with E-state index in [4.69, 9.17) is 4.98 Å². The SMILES string of the molecule is Cc1nc(C)n(CC(C)C(=O)N2CCC(c3nc(C)n4ccsc34)CC2)n1. The molecule has 0 radical (unpaired) electrons. The lowest BCUT2D eigenvalue weighted by molar-refractivity contribution is -0.136. The zero-order chi connectivity index (χ0) is 19.1. The molecule has 0 aromatic carbocycles. The molecule has 1 aliphatic heterocycles. The van der Waals surface area contributed by atoms with E-state index in [9.17, 15) is 4.79 Å². The van der Waals surface area contributed by atoms with Crippen LogP contribution in [0, 0.1) is 26.7 Å². The minimum absolute atomic E-state index is 0.0970. The van der Waals surface area contributed by atoms with Crippen molar-refractivity contribution in [2.45, 2.75) is 53.0 Å². The molecule has 1 atom stereocenters. The summed E-state index contributed by atoms with van der Waals surface area (Å²) >= 11 is 1.75. The van der Waals surface area contributed by atoms with E-state index in [1.807, 2.05) is 30.4 Å². The van der Waals surface area contributed by atoms with Gasteiger partial charge in [0.15, 0.2) is 0 Å². The molecule has 1 fully saturated rings. The highest BCUT2D eigenvalue weighted by atomic mass is 32.1. The van der Waals surface area contributed by atoms with Gasteiger partial charge < -0.3 is 4.90 Å². The van der Waals surface area contributed by atoms with Gasteiger partial charge >= 0.3 is 0 Å². The summed E-state index contributed by atoms with van der Waals surface area (Å²) in [5.74, 6) is 3.21. The van der Waals surface area contributed by atoms with E-state index >= 15 is 0 Å². The molecule has 4 heterocycles. The second-order valence-corrected chi connectivity index (χ2v) is 8.41. The Morgan fingerprint density at radius 3 is 2.63 bits per heavy atom. The number of piperidine rings is 1. The normalized spacial score (nSPS) is 17.0. The fraction of sp³-hybridized carbons (Fsp3) is 0.579. The molecule has 7 nitrogen and oxygen atoms in total. The van der Waals surface area contributed by atoms with Crippen LogP contribution in [0.15, 0.2) is 11.6 Å². The predicted molar refractivity (Wildman–Crippen MR) is 105 cm³/mol. The molecule has 0 saturated carbocycles. The van der Waals surface area contributed by atoms with Gasteiger partial charge in [0.1, 0.15) is 22.3 Å². The maximum atomic E-state index is 12.9. The maximum absolute atomic E-state index is 12.9. The second kappa shape index (κ2) is 7.07. The van der Waals surface area contributed by atoms with Crippen molar-refractivity contribution >= 4 is 22.1 Å². The van der Waals surface area contributed by atoms with Crippen LogP contribution in [-0.4, -0.2) is 48.0 Å². The molecule has 0 N–H and O–H groups in total. The number of carbonyl (C=O) groups excluding carboxylic acids is 1. The Balaban J connectivity index is 1.39. The molecule has 27 heavy (non-hydrogen) atoms. The average Bonchev–Trinajstić information content (AvgIpc) is 3.32. The fourth-order valence-corrected chi connectivity index (χ4v) is 4.97. The van der Waals surface area contributed by atoms with Crippen molar-refractivity contribution in [3.8, 4) is 0 Å². The van der Waals surface area contributed by atoms with E-state index in [1.54, 1.807) is 11.3 Å². The van der Waals surface area contributed by atoms with Gasteiger partial charge in [-0.15, -0.1) is 11.3 Å². The molecule has 1 unspecified atom stereocenters. The third-order valence-electron chi connectivity index (χ3n) is 5.48. The third kappa shape index (κ3) is 3.38. The summed E-state index contributed by atoms with van der Waals surface area (Å²) in [6.07, 6.45) is 4.04. The Morgan fingerprint density at radius 1 is 1.22 bits per heavy atom. The number of aromatic nitrogens is 5. The molecule has 0 bridgehead atoms. The molecule has 1 saturated heterocycles. The van der Waals surface area contributed by atoms with Gasteiger partial charge in [-0.2, -0.15) is 5.10 Å². The Hall–Kier alpha value is -2.22. The Labute approximate surface area is 163 Å². The number of likely N-dealkylation sites (tertiary alicyclic amines) is 1. The zero-order valence-corrected chi connectivity index (χ0v) is 17.2. The van der Waals surface area contributed by atoms with Crippen LogP contribution in [0.1, 0.15) is 48.9 Å². The summed E-state index contributed by atoms with van der Waals surface area (Å²) in [6, 6.07) is 0. The molecule has 8 heteroatoms. The molecule has 3 aromatic heterocycles. The van der Waals surface area contributed by atoms with E-state index in [-0.39, 0.29) is 11.8 Å². The topological polar surface area (TPSA) is 68.3 Å². The molecule has 1 aliphatic rings. The van der Waals surface area contributed by atoms with Crippen LogP contribution in [-0.2, 0) is 11.3 Å². The average molecular weight is 387 g/mol. The predicted octanol–water partition coefficient (Wildman–Crippen LogP) is 2.95. The van der Waals surface area contributed by atoms with E-state index < -0.39 is 0 Å². The van der Waals surface area contributed by atoms with Crippen LogP contribution < -0.4 is 0 Å². The quantitative estimate of drug-likeness (QED) is 0.691. The van der Waals surface area contributed by atoms with Crippen molar-refractivity contribution < 1.29 is 4.79 Å². The van der Waals surface area contributed by atoms with Crippen LogP contribution >= 0.6 is 11.3 Å². The number of rotatable bonds is 4. The zero-order valence-electron chi connectivity index (χ0n) is 16.3. The first-order chi connectivity index (χ1) is 12.9. The first-order valence-electron chi connectivity index (χ1n) is 9.53. The van der Waals surface area contributed by atoms with Crippen molar-refractivity contribution in [2.75, 3.05) is 13.1 Å². The van der Waals surface area contributed by atoms with Crippen molar-refractivity contribution in [2.24, 2.45) is 5.92 Å². The van der Waals surface area contributed by atoms with Gasteiger partial charge in [0.05, 0.1) is 18.2 Å². The second-order valence-electron chi connectivity index (χ2n) is 7.51. The lowest BCUT2D eigenvalue weighted by Gasteiger charge is -2.33. The van der Waals surface area contributed by atoms with Gasteiger partial charge in [-0.1, -0.05) is 6.92 Å². The molecule has 1 amide bonds. The van der Waals surface area contributed by atoms with Crippen LogP contribution in [0.4, 0.5) is 0 Å². The standard InChI is InChI=1S/C19H26N6OS/c1-12(11-25-15(4)20-13(2)22-25)18(26)23-7-5-16(6-8-23)17-19-24(9-10-27-19)14(3)21-17/h9-10,12,16H,5-8,11H2,1-4H3. The number of aryl methyl sites for hydroxylation is 3. The number of fused-ring (bicyclic) bond motifs is 1. The molecule has 0 aliphatic carbocycles. The third-order valence-corrected chi connectivity index (χ3v) is 6.37. The summed E-state index contributed by atoms with van der Waals surface area (Å²) in [5.41, 5.74) is 1.20. The molecule has 4 rings (SSSR count). The minimum Gasteiger partial charge on any atom is -0.342 e. The van der Waals surface area contributed by atoms with Gasteiger partial charge in [0, 0.05) is 30.6 Å². The molecule has 144 valence electrons. The monoisotopic (exact) mass is 386 g/mol. The molecular formula is C19H26N6OS. The van der Waals surface area contributed by atoms with Gasteiger partial charge in [0.25, 0.3) is 0 Å². The number of carbonyl (C=O) groups is 1. The number of thiazole rings is 1. The minimum atomic E-state index is -0.0970. The number of hydrogen-bond acceptors (Lipinski definition) is 5. The van der Waals surface area contributed by atoms with E-state index in [0.717, 1.165) is 43.4 Å². The highest BCUT2D eigenvalue weighted by molar-refractivity contribution is 7.15. The molecule has 3 aromatic rings. The summed E-state index contributed by atoms with van der Waals surface area (Å²) in [6.45, 7) is 10.0. The van der Waals surface area contributed by atoms with Crippen LogP contribution in [0.2, 0.25) is 0 Å². The number of hydrogen-bond donors (Lipinski definition) is 0. The lowest BCUT2D eigenvalue weighted by Crippen LogP contribution is -2.41. The smallest absolute Gasteiger partial charge is 0.227 e. The van der Waals surface area contributed by atoms with Crippen LogP contribution in [0.3, 0.4) is 0 Å². The summed E-state index contributed by atoms with van der Waals surface area (Å²) < 4.78 is 4.01. The summed E-state index contributed by atoms with van der Waals surface area (Å²) in [7, 11) is 0. The largest absolute Gasteiger partial charge is 0.342 e. The first-order valence-corrected chi connectivity index (χ1v) is 10.4. The number of nitrogens with zero attached hydrogens (tertiary/aromatic N) is 6. The highest BCUT2D eigenvalue weighted by Gasteiger charge is 2.29. The Kier molecular flexibility index (Phi) is 4.75. The van der Waals surface area contributed by atoms with Crippen molar-refractivity contribution in [1.29, 1.82) is 0 Å². The molecule has 0 spiro atoms. The summed E-state index contributed by atoms with van der Waals surface area (Å²) in [5, 5.41) is 6.49.